The molecule has 3 rings (SSSR count). The number of hydrogen-bond acceptors (Lipinski definition) is 4. The first-order valence-electron chi connectivity index (χ1n) is 8.29. The average molecular weight is 351 g/mol. The number of ether oxygens (including phenoxy) is 1. The summed E-state index contributed by atoms with van der Waals surface area (Å²) in [6.45, 7) is 2.81. The van der Waals surface area contributed by atoms with Gasteiger partial charge in [0.1, 0.15) is 0 Å². The van der Waals surface area contributed by atoms with Gasteiger partial charge in [-0.05, 0) is 49.5 Å². The number of rotatable bonds is 5. The smallest absolute Gasteiger partial charge is 0.416 e. The number of likely N-dealkylation sites (tertiary alicyclic amines) is 1. The molecular formula is C18H20F3N3O. The molecule has 0 atom stereocenters. The van der Waals surface area contributed by atoms with Crippen LogP contribution in [-0.2, 0) is 12.7 Å². The van der Waals surface area contributed by atoms with E-state index in [4.69, 9.17) is 4.74 Å². The molecule has 0 radical (unpaired) electrons. The number of halogens is 3. The summed E-state index contributed by atoms with van der Waals surface area (Å²) >= 11 is 0. The predicted molar refractivity (Wildman–Crippen MR) is 87.0 cm³/mol. The number of alkyl halides is 3. The third-order valence-corrected chi connectivity index (χ3v) is 4.36. The zero-order chi connectivity index (χ0) is 17.7. The van der Waals surface area contributed by atoms with E-state index in [-0.39, 0.29) is 0 Å². The molecule has 4 nitrogen and oxygen atoms in total. The molecule has 0 bridgehead atoms. The van der Waals surface area contributed by atoms with Gasteiger partial charge in [0.15, 0.2) is 0 Å². The quantitative estimate of drug-likeness (QED) is 0.822. The first kappa shape index (κ1) is 17.7. The van der Waals surface area contributed by atoms with Crippen molar-refractivity contribution in [2.75, 3.05) is 19.7 Å². The second kappa shape index (κ2) is 7.82. The SMILES string of the molecule is FC(F)(F)c1cccc(CN2CCC(COc3ncccn3)CC2)c1. The molecule has 2 heterocycles. The van der Waals surface area contributed by atoms with E-state index in [0.29, 0.717) is 30.6 Å². The van der Waals surface area contributed by atoms with E-state index in [1.165, 1.54) is 12.1 Å². The Bertz CT molecular complexity index is 671. The number of piperidine rings is 1. The minimum Gasteiger partial charge on any atom is -0.463 e. The van der Waals surface area contributed by atoms with Crippen LogP contribution in [0.1, 0.15) is 24.0 Å². The zero-order valence-corrected chi connectivity index (χ0v) is 13.7. The van der Waals surface area contributed by atoms with Crippen molar-refractivity contribution in [2.45, 2.75) is 25.6 Å². The fourth-order valence-corrected chi connectivity index (χ4v) is 2.97. The Morgan fingerprint density at radius 3 is 2.48 bits per heavy atom. The molecule has 1 aliphatic heterocycles. The van der Waals surface area contributed by atoms with Crippen LogP contribution >= 0.6 is 0 Å². The first-order valence-corrected chi connectivity index (χ1v) is 8.29. The Morgan fingerprint density at radius 1 is 1.08 bits per heavy atom. The van der Waals surface area contributed by atoms with Crippen LogP contribution < -0.4 is 4.74 Å². The topological polar surface area (TPSA) is 38.2 Å². The molecule has 134 valence electrons. The molecule has 0 N–H and O–H groups in total. The van der Waals surface area contributed by atoms with Crippen molar-refractivity contribution in [1.29, 1.82) is 0 Å². The molecule has 1 aliphatic rings. The van der Waals surface area contributed by atoms with Crippen LogP contribution in [0.2, 0.25) is 0 Å². The molecule has 0 spiro atoms. The summed E-state index contributed by atoms with van der Waals surface area (Å²) in [6.07, 6.45) is 0.886. The van der Waals surface area contributed by atoms with Gasteiger partial charge in [-0.15, -0.1) is 0 Å². The maximum absolute atomic E-state index is 12.8. The van der Waals surface area contributed by atoms with Gasteiger partial charge in [-0.1, -0.05) is 18.2 Å². The van der Waals surface area contributed by atoms with E-state index < -0.39 is 11.7 Å². The van der Waals surface area contributed by atoms with Crippen molar-refractivity contribution < 1.29 is 17.9 Å². The lowest BCUT2D eigenvalue weighted by atomic mass is 9.97. The fraction of sp³-hybridized carbons (Fsp3) is 0.444. The Labute approximate surface area is 144 Å². The maximum atomic E-state index is 12.8. The number of nitrogens with zero attached hydrogens (tertiary/aromatic N) is 3. The summed E-state index contributed by atoms with van der Waals surface area (Å²) in [4.78, 5) is 10.2. The Hall–Kier alpha value is -2.15. The molecule has 7 heteroatoms. The summed E-state index contributed by atoms with van der Waals surface area (Å²) in [7, 11) is 0. The highest BCUT2D eigenvalue weighted by molar-refractivity contribution is 5.25. The van der Waals surface area contributed by atoms with Crippen LogP contribution in [0, 0.1) is 5.92 Å². The van der Waals surface area contributed by atoms with E-state index in [9.17, 15) is 13.2 Å². The van der Waals surface area contributed by atoms with Gasteiger partial charge in [-0.3, -0.25) is 4.90 Å². The van der Waals surface area contributed by atoms with Gasteiger partial charge < -0.3 is 4.74 Å². The van der Waals surface area contributed by atoms with E-state index in [1.54, 1.807) is 24.5 Å². The third-order valence-electron chi connectivity index (χ3n) is 4.36. The third kappa shape index (κ3) is 5.16. The normalized spacial score (nSPS) is 16.8. The highest BCUT2D eigenvalue weighted by atomic mass is 19.4. The van der Waals surface area contributed by atoms with E-state index in [0.717, 1.165) is 32.0 Å². The predicted octanol–water partition coefficient (Wildman–Crippen LogP) is 3.79. The second-order valence-electron chi connectivity index (χ2n) is 6.26. The molecular weight excluding hydrogens is 331 g/mol. The fourth-order valence-electron chi connectivity index (χ4n) is 2.97. The van der Waals surface area contributed by atoms with Gasteiger partial charge in [-0.2, -0.15) is 13.2 Å². The first-order chi connectivity index (χ1) is 12.0. The van der Waals surface area contributed by atoms with Crippen molar-refractivity contribution in [2.24, 2.45) is 5.92 Å². The molecule has 0 saturated carbocycles. The molecule has 1 aromatic heterocycles. The Balaban J connectivity index is 1.46. The number of hydrogen-bond donors (Lipinski definition) is 0. The molecule has 0 amide bonds. The molecule has 1 aromatic carbocycles. The monoisotopic (exact) mass is 351 g/mol. The highest BCUT2D eigenvalue weighted by Gasteiger charge is 2.30. The Morgan fingerprint density at radius 2 is 1.80 bits per heavy atom. The van der Waals surface area contributed by atoms with Gasteiger partial charge in [0.05, 0.1) is 12.2 Å². The summed E-state index contributed by atoms with van der Waals surface area (Å²) in [5.41, 5.74) is 0.110. The van der Waals surface area contributed by atoms with Crippen LogP contribution in [0.3, 0.4) is 0 Å². The van der Waals surface area contributed by atoms with Gasteiger partial charge in [0.25, 0.3) is 0 Å². The van der Waals surface area contributed by atoms with Crippen LogP contribution in [0.25, 0.3) is 0 Å². The minimum absolute atomic E-state index is 0.383. The van der Waals surface area contributed by atoms with E-state index in [1.807, 2.05) is 0 Å². The van der Waals surface area contributed by atoms with Crippen molar-refractivity contribution in [3.8, 4) is 6.01 Å². The van der Waals surface area contributed by atoms with Crippen LogP contribution in [0.5, 0.6) is 6.01 Å². The van der Waals surface area contributed by atoms with E-state index >= 15 is 0 Å². The lowest BCUT2D eigenvalue weighted by Gasteiger charge is -2.31. The van der Waals surface area contributed by atoms with Gasteiger partial charge >= 0.3 is 12.2 Å². The molecule has 1 saturated heterocycles. The molecule has 25 heavy (non-hydrogen) atoms. The largest absolute Gasteiger partial charge is 0.463 e. The van der Waals surface area contributed by atoms with Crippen molar-refractivity contribution in [1.82, 2.24) is 14.9 Å². The second-order valence-corrected chi connectivity index (χ2v) is 6.26. The summed E-state index contributed by atoms with van der Waals surface area (Å²) < 4.78 is 43.9. The van der Waals surface area contributed by atoms with Crippen LogP contribution in [-0.4, -0.2) is 34.6 Å². The van der Waals surface area contributed by atoms with Gasteiger partial charge in [0, 0.05) is 18.9 Å². The molecule has 0 unspecified atom stereocenters. The molecule has 1 fully saturated rings. The number of aromatic nitrogens is 2. The van der Waals surface area contributed by atoms with Gasteiger partial charge in [0.2, 0.25) is 0 Å². The van der Waals surface area contributed by atoms with Crippen molar-refractivity contribution in [3.05, 3.63) is 53.9 Å². The molecule has 2 aromatic rings. The summed E-state index contributed by atoms with van der Waals surface area (Å²) in [6, 6.07) is 7.68. The summed E-state index contributed by atoms with van der Waals surface area (Å²) in [5, 5.41) is 0. The standard InChI is InChI=1S/C18H20F3N3O/c19-18(20,21)16-4-1-3-15(11-16)12-24-9-5-14(6-10-24)13-25-17-22-7-2-8-23-17/h1-4,7-8,11,14H,5-6,9-10,12-13H2. The maximum Gasteiger partial charge on any atom is 0.416 e. The van der Waals surface area contributed by atoms with Crippen LogP contribution in [0.4, 0.5) is 13.2 Å². The minimum atomic E-state index is -4.29. The number of benzene rings is 1. The Kier molecular flexibility index (Phi) is 5.53. The van der Waals surface area contributed by atoms with Gasteiger partial charge in [-0.25, -0.2) is 9.97 Å². The average Bonchev–Trinajstić information content (AvgIpc) is 2.62. The molecule has 0 aliphatic carbocycles. The van der Waals surface area contributed by atoms with Crippen molar-refractivity contribution in [3.63, 3.8) is 0 Å². The summed E-state index contributed by atoms with van der Waals surface area (Å²) in [5.74, 6) is 0.418. The van der Waals surface area contributed by atoms with E-state index in [2.05, 4.69) is 14.9 Å². The van der Waals surface area contributed by atoms with Crippen molar-refractivity contribution >= 4 is 0 Å². The lowest BCUT2D eigenvalue weighted by Crippen LogP contribution is -2.35. The zero-order valence-electron chi connectivity index (χ0n) is 13.7. The highest BCUT2D eigenvalue weighted by Crippen LogP contribution is 2.30. The van der Waals surface area contributed by atoms with Crippen LogP contribution in [0.15, 0.2) is 42.7 Å². The lowest BCUT2D eigenvalue weighted by molar-refractivity contribution is -0.137.